The van der Waals surface area contributed by atoms with Gasteiger partial charge < -0.3 is 14.1 Å². The van der Waals surface area contributed by atoms with Gasteiger partial charge in [0.15, 0.2) is 11.7 Å². The van der Waals surface area contributed by atoms with Crippen molar-refractivity contribution in [2.24, 2.45) is 0 Å². The van der Waals surface area contributed by atoms with E-state index < -0.39 is 0 Å². The zero-order valence-electron chi connectivity index (χ0n) is 14.5. The van der Waals surface area contributed by atoms with Gasteiger partial charge in [-0.05, 0) is 20.8 Å². The first-order valence-corrected chi connectivity index (χ1v) is 8.45. The van der Waals surface area contributed by atoms with Gasteiger partial charge in [0.1, 0.15) is 0 Å². The number of aromatic nitrogens is 1. The summed E-state index contributed by atoms with van der Waals surface area (Å²) in [7, 11) is 0. The van der Waals surface area contributed by atoms with Crippen LogP contribution in [0.25, 0.3) is 11.3 Å². The molecular weight excluding hydrogens is 304 g/mol. The molecule has 3 rings (SSSR count). The van der Waals surface area contributed by atoms with Crippen LogP contribution in [-0.2, 0) is 16.0 Å². The lowest BCUT2D eigenvalue weighted by Crippen LogP contribution is -2.50. The van der Waals surface area contributed by atoms with Crippen molar-refractivity contribution in [3.8, 4) is 11.3 Å². The third-order valence-corrected chi connectivity index (χ3v) is 4.37. The fourth-order valence-corrected chi connectivity index (χ4v) is 2.89. The zero-order valence-corrected chi connectivity index (χ0v) is 14.5. The summed E-state index contributed by atoms with van der Waals surface area (Å²) in [6, 6.07) is 8.24. The smallest absolute Gasteiger partial charge is 0.223 e. The van der Waals surface area contributed by atoms with E-state index in [2.05, 4.69) is 11.9 Å². The molecule has 128 valence electrons. The van der Waals surface area contributed by atoms with Gasteiger partial charge >= 0.3 is 0 Å². The van der Waals surface area contributed by atoms with Gasteiger partial charge in [0, 0.05) is 24.9 Å². The van der Waals surface area contributed by atoms with Crippen molar-refractivity contribution in [3.63, 3.8) is 0 Å². The molecule has 2 aromatic rings. The van der Waals surface area contributed by atoms with Crippen LogP contribution in [0.5, 0.6) is 0 Å². The van der Waals surface area contributed by atoms with Crippen LogP contribution < -0.4 is 0 Å². The van der Waals surface area contributed by atoms with Crippen molar-refractivity contribution in [2.45, 2.75) is 45.8 Å². The third-order valence-electron chi connectivity index (χ3n) is 4.37. The van der Waals surface area contributed by atoms with E-state index in [1.54, 1.807) is 6.20 Å². The maximum Gasteiger partial charge on any atom is 0.223 e. The Morgan fingerprint density at radius 2 is 2.04 bits per heavy atom. The number of hydrogen-bond acceptors (Lipinski definition) is 4. The first-order chi connectivity index (χ1) is 11.5. The zero-order chi connectivity index (χ0) is 17.1. The summed E-state index contributed by atoms with van der Waals surface area (Å²) >= 11 is 0. The first-order valence-electron chi connectivity index (χ1n) is 8.45. The van der Waals surface area contributed by atoms with Crippen molar-refractivity contribution in [3.05, 3.63) is 41.9 Å². The predicted octanol–water partition coefficient (Wildman–Crippen LogP) is 3.22. The van der Waals surface area contributed by atoms with Crippen LogP contribution in [-0.4, -0.2) is 41.1 Å². The third kappa shape index (κ3) is 3.85. The van der Waals surface area contributed by atoms with Crippen molar-refractivity contribution >= 4 is 5.91 Å². The van der Waals surface area contributed by atoms with Gasteiger partial charge in [0.2, 0.25) is 5.91 Å². The largest absolute Gasteiger partial charge is 0.441 e. The molecule has 1 aliphatic heterocycles. The van der Waals surface area contributed by atoms with Crippen molar-refractivity contribution in [1.82, 2.24) is 9.88 Å². The molecule has 24 heavy (non-hydrogen) atoms. The van der Waals surface area contributed by atoms with Gasteiger partial charge in [-0.2, -0.15) is 0 Å². The molecular formula is C19H24N2O3. The predicted molar refractivity (Wildman–Crippen MR) is 91.6 cm³/mol. The lowest BCUT2D eigenvalue weighted by molar-refractivity contribution is -0.143. The second-order valence-electron chi connectivity index (χ2n) is 6.52. The fraction of sp³-hybridized carbons (Fsp3) is 0.474. The Morgan fingerprint density at radius 3 is 2.79 bits per heavy atom. The Labute approximate surface area is 142 Å². The molecule has 1 saturated heterocycles. The molecule has 0 radical (unpaired) electrons. The number of aryl methyl sites for hydroxylation is 2. The Kier molecular flexibility index (Phi) is 5.00. The maximum absolute atomic E-state index is 12.4. The van der Waals surface area contributed by atoms with Gasteiger partial charge in [-0.15, -0.1) is 0 Å². The summed E-state index contributed by atoms with van der Waals surface area (Å²) in [4.78, 5) is 18.6. The molecule has 2 atom stereocenters. The highest BCUT2D eigenvalue weighted by atomic mass is 16.5. The SMILES string of the molecule is Cc1ccc(-c2cnc(CCC(=O)N3C[C@@H](C)OC[C@H]3C)o2)cc1. The maximum atomic E-state index is 12.4. The monoisotopic (exact) mass is 328 g/mol. The van der Waals surface area contributed by atoms with E-state index in [9.17, 15) is 4.79 Å². The van der Waals surface area contributed by atoms with Crippen LogP contribution in [0.2, 0.25) is 0 Å². The fourth-order valence-electron chi connectivity index (χ4n) is 2.89. The number of benzene rings is 1. The number of amides is 1. The Hall–Kier alpha value is -2.14. The van der Waals surface area contributed by atoms with E-state index in [1.807, 2.05) is 43.0 Å². The minimum atomic E-state index is 0.0972. The van der Waals surface area contributed by atoms with E-state index in [0.29, 0.717) is 31.9 Å². The molecule has 0 bridgehead atoms. The van der Waals surface area contributed by atoms with Crippen LogP contribution in [0.15, 0.2) is 34.9 Å². The molecule has 0 aliphatic carbocycles. The number of carbonyl (C=O) groups is 1. The number of oxazole rings is 1. The number of morpholine rings is 1. The number of rotatable bonds is 4. The van der Waals surface area contributed by atoms with E-state index in [0.717, 1.165) is 11.3 Å². The average Bonchev–Trinajstić information content (AvgIpc) is 3.04. The van der Waals surface area contributed by atoms with Crippen LogP contribution in [0.1, 0.15) is 31.7 Å². The molecule has 0 spiro atoms. The topological polar surface area (TPSA) is 55.6 Å². The number of carbonyl (C=O) groups excluding carboxylic acids is 1. The summed E-state index contributed by atoms with van der Waals surface area (Å²) in [5, 5.41) is 0. The van der Waals surface area contributed by atoms with E-state index in [1.165, 1.54) is 5.56 Å². The molecule has 1 fully saturated rings. The number of hydrogen-bond donors (Lipinski definition) is 0. The van der Waals surface area contributed by atoms with Gasteiger partial charge in [-0.25, -0.2) is 4.98 Å². The van der Waals surface area contributed by atoms with Gasteiger partial charge in [-0.3, -0.25) is 4.79 Å². The molecule has 0 saturated carbocycles. The highest BCUT2D eigenvalue weighted by molar-refractivity contribution is 5.76. The molecule has 0 N–H and O–H groups in total. The van der Waals surface area contributed by atoms with Crippen LogP contribution >= 0.6 is 0 Å². The normalized spacial score (nSPS) is 21.0. The van der Waals surface area contributed by atoms with E-state index in [4.69, 9.17) is 9.15 Å². The standard InChI is InChI=1S/C19H24N2O3/c1-13-4-6-16(7-5-13)17-10-20-18(24-17)8-9-19(22)21-11-15(3)23-12-14(21)2/h4-7,10,14-15H,8-9,11-12H2,1-3H3/t14-,15-/m1/s1. The lowest BCUT2D eigenvalue weighted by Gasteiger charge is -2.36. The minimum absolute atomic E-state index is 0.0972. The summed E-state index contributed by atoms with van der Waals surface area (Å²) in [6.45, 7) is 7.32. The van der Waals surface area contributed by atoms with Crippen molar-refractivity contribution < 1.29 is 13.9 Å². The summed E-state index contributed by atoms with van der Waals surface area (Å²) in [5.74, 6) is 1.48. The molecule has 1 aliphatic rings. The quantitative estimate of drug-likeness (QED) is 0.865. The van der Waals surface area contributed by atoms with Crippen LogP contribution in [0, 0.1) is 6.92 Å². The Bertz CT molecular complexity index is 693. The Balaban J connectivity index is 1.59. The minimum Gasteiger partial charge on any atom is -0.441 e. The lowest BCUT2D eigenvalue weighted by atomic mass is 10.1. The molecule has 2 heterocycles. The molecule has 1 amide bonds. The molecule has 1 aromatic carbocycles. The van der Waals surface area contributed by atoms with Crippen LogP contribution in [0.3, 0.4) is 0 Å². The van der Waals surface area contributed by atoms with Gasteiger partial charge in [-0.1, -0.05) is 29.8 Å². The first kappa shape index (κ1) is 16.7. The number of ether oxygens (including phenoxy) is 1. The van der Waals surface area contributed by atoms with Crippen molar-refractivity contribution in [2.75, 3.05) is 13.2 Å². The molecule has 0 unspecified atom stereocenters. The highest BCUT2D eigenvalue weighted by Crippen LogP contribution is 2.21. The molecule has 5 heteroatoms. The Morgan fingerprint density at radius 1 is 1.29 bits per heavy atom. The van der Waals surface area contributed by atoms with Gasteiger partial charge in [0.05, 0.1) is 24.9 Å². The molecule has 5 nitrogen and oxygen atoms in total. The molecule has 1 aromatic heterocycles. The highest BCUT2D eigenvalue weighted by Gasteiger charge is 2.27. The average molecular weight is 328 g/mol. The van der Waals surface area contributed by atoms with Crippen LogP contribution in [0.4, 0.5) is 0 Å². The second kappa shape index (κ2) is 7.18. The number of nitrogens with zero attached hydrogens (tertiary/aromatic N) is 2. The summed E-state index contributed by atoms with van der Waals surface area (Å²) < 4.78 is 11.4. The summed E-state index contributed by atoms with van der Waals surface area (Å²) in [6.07, 6.45) is 2.75. The van der Waals surface area contributed by atoms with E-state index in [-0.39, 0.29) is 18.1 Å². The summed E-state index contributed by atoms with van der Waals surface area (Å²) in [5.41, 5.74) is 2.21. The van der Waals surface area contributed by atoms with Crippen molar-refractivity contribution in [1.29, 1.82) is 0 Å². The van der Waals surface area contributed by atoms with Gasteiger partial charge in [0.25, 0.3) is 0 Å². The van der Waals surface area contributed by atoms with E-state index >= 15 is 0 Å². The second-order valence-corrected chi connectivity index (χ2v) is 6.52.